The van der Waals surface area contributed by atoms with Crippen molar-refractivity contribution in [3.63, 3.8) is 0 Å². The highest BCUT2D eigenvalue weighted by Gasteiger charge is 2.33. The van der Waals surface area contributed by atoms with Crippen LogP contribution in [0.25, 0.3) is 0 Å². The molecule has 8 heteroatoms. The van der Waals surface area contributed by atoms with Gasteiger partial charge in [0.2, 0.25) is 0 Å². The second kappa shape index (κ2) is 5.34. The summed E-state index contributed by atoms with van der Waals surface area (Å²) >= 11 is 5.95. The molecular formula is C15H10ClF3N2O2. The molecule has 0 aliphatic carbocycles. The average molecular weight is 343 g/mol. The molecule has 0 fully saturated rings. The van der Waals surface area contributed by atoms with E-state index in [1.807, 2.05) is 0 Å². The van der Waals surface area contributed by atoms with Crippen LogP contribution in [-0.4, -0.2) is 11.0 Å². The molecule has 4 nitrogen and oxygen atoms in total. The number of nitrogens with one attached hydrogen (secondary N) is 2. The Hall–Kier alpha value is -2.41. The summed E-state index contributed by atoms with van der Waals surface area (Å²) < 4.78 is 38.5. The predicted octanol–water partition coefficient (Wildman–Crippen LogP) is 3.92. The van der Waals surface area contributed by atoms with Crippen molar-refractivity contribution >= 4 is 23.2 Å². The Morgan fingerprint density at radius 3 is 2.57 bits per heavy atom. The van der Waals surface area contributed by atoms with Crippen LogP contribution in [0.1, 0.15) is 27.7 Å². The number of aromatic hydroxyl groups is 1. The van der Waals surface area contributed by atoms with Crippen molar-refractivity contribution < 1.29 is 23.1 Å². The normalized spacial score (nSPS) is 17.2. The SMILES string of the molecule is O=C1NC(c2cc(O)cc(C(F)(F)F)c2)Nc2cccc(Cl)c21. The maximum Gasteiger partial charge on any atom is 0.416 e. The summed E-state index contributed by atoms with van der Waals surface area (Å²) in [6.45, 7) is 0. The molecule has 120 valence electrons. The lowest BCUT2D eigenvalue weighted by Gasteiger charge is -2.29. The van der Waals surface area contributed by atoms with Crippen LogP contribution in [0.15, 0.2) is 36.4 Å². The van der Waals surface area contributed by atoms with E-state index in [9.17, 15) is 23.1 Å². The minimum absolute atomic E-state index is 0.0799. The highest BCUT2D eigenvalue weighted by atomic mass is 35.5. The van der Waals surface area contributed by atoms with E-state index in [2.05, 4.69) is 10.6 Å². The number of fused-ring (bicyclic) bond motifs is 1. The largest absolute Gasteiger partial charge is 0.508 e. The average Bonchev–Trinajstić information content (AvgIpc) is 2.45. The van der Waals surface area contributed by atoms with E-state index >= 15 is 0 Å². The minimum atomic E-state index is -4.60. The second-order valence-electron chi connectivity index (χ2n) is 5.02. The highest BCUT2D eigenvalue weighted by molar-refractivity contribution is 6.34. The summed E-state index contributed by atoms with van der Waals surface area (Å²) in [6, 6.07) is 7.40. The van der Waals surface area contributed by atoms with Gasteiger partial charge in [0, 0.05) is 0 Å². The molecule has 23 heavy (non-hydrogen) atoms. The zero-order chi connectivity index (χ0) is 16.8. The third kappa shape index (κ3) is 2.92. The Kier molecular flexibility index (Phi) is 3.60. The van der Waals surface area contributed by atoms with Crippen molar-refractivity contribution in [2.24, 2.45) is 0 Å². The lowest BCUT2D eigenvalue weighted by atomic mass is 10.0. The number of halogens is 4. The number of hydrogen-bond donors (Lipinski definition) is 3. The molecule has 0 radical (unpaired) electrons. The molecule has 1 unspecified atom stereocenters. The zero-order valence-electron chi connectivity index (χ0n) is 11.4. The van der Waals surface area contributed by atoms with E-state index in [1.54, 1.807) is 12.1 Å². The summed E-state index contributed by atoms with van der Waals surface area (Å²) in [6.07, 6.45) is -5.52. The first kappa shape index (κ1) is 15.5. The number of rotatable bonds is 1. The van der Waals surface area contributed by atoms with Crippen LogP contribution in [0, 0.1) is 0 Å². The van der Waals surface area contributed by atoms with Gasteiger partial charge in [-0.2, -0.15) is 13.2 Å². The topological polar surface area (TPSA) is 61.4 Å². The molecule has 2 aromatic rings. The van der Waals surface area contributed by atoms with E-state index in [4.69, 9.17) is 11.6 Å². The van der Waals surface area contributed by atoms with Gasteiger partial charge in [0.15, 0.2) is 0 Å². The van der Waals surface area contributed by atoms with E-state index in [1.165, 1.54) is 6.07 Å². The Labute approximate surface area is 133 Å². The number of benzene rings is 2. The summed E-state index contributed by atoms with van der Waals surface area (Å²) in [5.41, 5.74) is -0.290. The summed E-state index contributed by atoms with van der Waals surface area (Å²) in [5.74, 6) is -1.05. The van der Waals surface area contributed by atoms with Gasteiger partial charge in [-0.15, -0.1) is 0 Å². The van der Waals surface area contributed by atoms with Crippen LogP contribution >= 0.6 is 11.6 Å². The van der Waals surface area contributed by atoms with E-state index < -0.39 is 29.6 Å². The molecule has 3 N–H and O–H groups in total. The number of anilines is 1. The summed E-state index contributed by atoms with van der Waals surface area (Å²) in [7, 11) is 0. The van der Waals surface area contributed by atoms with Crippen molar-refractivity contribution in [3.05, 3.63) is 58.1 Å². The van der Waals surface area contributed by atoms with Crippen molar-refractivity contribution in [3.8, 4) is 5.75 Å². The number of carbonyl (C=O) groups excluding carboxylic acids is 1. The maximum atomic E-state index is 12.8. The molecule has 2 aromatic carbocycles. The Morgan fingerprint density at radius 2 is 1.87 bits per heavy atom. The number of carbonyl (C=O) groups is 1. The molecule has 1 aliphatic heterocycles. The first-order valence-corrected chi connectivity index (χ1v) is 6.90. The van der Waals surface area contributed by atoms with Crippen LogP contribution in [-0.2, 0) is 6.18 Å². The Bertz CT molecular complexity index is 793. The molecule has 0 spiro atoms. The summed E-state index contributed by atoms with van der Waals surface area (Å²) in [4.78, 5) is 12.1. The molecule has 1 amide bonds. The van der Waals surface area contributed by atoms with Gasteiger partial charge in [0.1, 0.15) is 11.9 Å². The maximum absolute atomic E-state index is 12.8. The van der Waals surface area contributed by atoms with Crippen molar-refractivity contribution in [1.29, 1.82) is 0 Å². The smallest absolute Gasteiger partial charge is 0.416 e. The van der Waals surface area contributed by atoms with Gasteiger partial charge in [-0.25, -0.2) is 0 Å². The molecule has 0 bridgehead atoms. The number of amides is 1. The Balaban J connectivity index is 2.01. The first-order chi connectivity index (χ1) is 10.8. The van der Waals surface area contributed by atoms with E-state index in [-0.39, 0.29) is 16.1 Å². The van der Waals surface area contributed by atoms with Gasteiger partial charge in [-0.1, -0.05) is 17.7 Å². The fourth-order valence-electron chi connectivity index (χ4n) is 2.40. The van der Waals surface area contributed by atoms with Crippen LogP contribution in [0.2, 0.25) is 5.02 Å². The zero-order valence-corrected chi connectivity index (χ0v) is 12.2. The first-order valence-electron chi connectivity index (χ1n) is 6.53. The highest BCUT2D eigenvalue weighted by Crippen LogP contribution is 2.36. The second-order valence-corrected chi connectivity index (χ2v) is 5.43. The van der Waals surface area contributed by atoms with Crippen LogP contribution < -0.4 is 10.6 Å². The van der Waals surface area contributed by atoms with Gasteiger partial charge in [0.25, 0.3) is 5.91 Å². The monoisotopic (exact) mass is 342 g/mol. The lowest BCUT2D eigenvalue weighted by Crippen LogP contribution is -2.38. The van der Waals surface area contributed by atoms with Crippen LogP contribution in [0.4, 0.5) is 18.9 Å². The lowest BCUT2D eigenvalue weighted by molar-refractivity contribution is -0.137. The van der Waals surface area contributed by atoms with Crippen LogP contribution in [0.3, 0.4) is 0 Å². The number of phenols is 1. The van der Waals surface area contributed by atoms with Crippen molar-refractivity contribution in [2.75, 3.05) is 5.32 Å². The van der Waals surface area contributed by atoms with E-state index in [0.29, 0.717) is 11.8 Å². The number of phenolic OH excluding ortho intramolecular Hbond substituents is 1. The molecule has 0 saturated carbocycles. The predicted molar refractivity (Wildman–Crippen MR) is 78.4 cm³/mol. The standard InChI is InChI=1S/C15H10ClF3N2O2/c16-10-2-1-3-11-12(10)14(23)21-13(20-11)7-4-8(15(17,18)19)6-9(22)5-7/h1-6,13,20,22H,(H,21,23). The fraction of sp³-hybridized carbons (Fsp3) is 0.133. The number of hydrogen-bond acceptors (Lipinski definition) is 3. The summed E-state index contributed by atoms with van der Waals surface area (Å²) in [5, 5.41) is 15.2. The molecule has 0 aromatic heterocycles. The minimum Gasteiger partial charge on any atom is -0.508 e. The molecule has 1 heterocycles. The van der Waals surface area contributed by atoms with Gasteiger partial charge < -0.3 is 15.7 Å². The van der Waals surface area contributed by atoms with Gasteiger partial charge in [-0.05, 0) is 35.9 Å². The van der Waals surface area contributed by atoms with Crippen LogP contribution in [0.5, 0.6) is 5.75 Å². The number of alkyl halides is 3. The van der Waals surface area contributed by atoms with Gasteiger partial charge >= 0.3 is 6.18 Å². The van der Waals surface area contributed by atoms with Gasteiger partial charge in [0.05, 0.1) is 21.8 Å². The fourth-order valence-corrected chi connectivity index (χ4v) is 2.66. The van der Waals surface area contributed by atoms with Crippen molar-refractivity contribution in [1.82, 2.24) is 5.32 Å². The molecule has 3 rings (SSSR count). The Morgan fingerprint density at radius 1 is 1.13 bits per heavy atom. The molecule has 1 aliphatic rings. The third-order valence-corrected chi connectivity index (χ3v) is 3.73. The molecular weight excluding hydrogens is 333 g/mol. The van der Waals surface area contributed by atoms with Crippen molar-refractivity contribution in [2.45, 2.75) is 12.3 Å². The third-order valence-electron chi connectivity index (χ3n) is 3.42. The molecule has 1 atom stereocenters. The quantitative estimate of drug-likeness (QED) is 0.736. The molecule has 0 saturated heterocycles. The van der Waals surface area contributed by atoms with Gasteiger partial charge in [-0.3, -0.25) is 4.79 Å². The van der Waals surface area contributed by atoms with E-state index in [0.717, 1.165) is 12.1 Å².